The summed E-state index contributed by atoms with van der Waals surface area (Å²) in [7, 11) is 1.31. The number of nitrogens with two attached hydrogens (primary N) is 1. The van der Waals surface area contributed by atoms with Crippen LogP contribution >= 0.6 is 11.3 Å². The van der Waals surface area contributed by atoms with Crippen LogP contribution in [-0.4, -0.2) is 30.5 Å². The van der Waals surface area contributed by atoms with Crippen LogP contribution < -0.4 is 11.1 Å². The smallest absolute Gasteiger partial charge is 0.307 e. The van der Waals surface area contributed by atoms with Crippen molar-refractivity contribution in [3.63, 3.8) is 0 Å². The number of hydrogen-bond acceptors (Lipinski definition) is 6. The molecule has 0 spiro atoms. The molecule has 1 aromatic rings. The minimum Gasteiger partial charge on any atom is -0.469 e. The summed E-state index contributed by atoms with van der Waals surface area (Å²) < 4.78 is 4.44. The van der Waals surface area contributed by atoms with Crippen molar-refractivity contribution in [1.29, 1.82) is 0 Å². The quantitative estimate of drug-likeness (QED) is 0.707. The van der Waals surface area contributed by atoms with Crippen LogP contribution in [0.4, 0.5) is 5.13 Å². The van der Waals surface area contributed by atoms with E-state index in [1.54, 1.807) is 5.38 Å². The molecule has 0 aromatic carbocycles. The topological polar surface area (TPSA) is 94.3 Å². The number of amides is 1. The van der Waals surface area contributed by atoms with Crippen molar-refractivity contribution >= 4 is 28.3 Å². The number of esters is 1. The van der Waals surface area contributed by atoms with Crippen molar-refractivity contribution in [1.82, 2.24) is 10.3 Å². The van der Waals surface area contributed by atoms with Gasteiger partial charge in [0.25, 0.3) is 0 Å². The number of rotatable bonds is 5. The van der Waals surface area contributed by atoms with Crippen LogP contribution in [-0.2, 0) is 20.7 Å². The third-order valence-corrected chi connectivity index (χ3v) is 2.51. The number of anilines is 1. The van der Waals surface area contributed by atoms with Crippen LogP contribution in [0.1, 0.15) is 12.1 Å². The first-order valence-electron chi connectivity index (χ1n) is 4.65. The highest BCUT2D eigenvalue weighted by atomic mass is 32.1. The molecule has 3 N–H and O–H groups in total. The molecule has 0 saturated heterocycles. The number of nitrogens with one attached hydrogen (secondary N) is 1. The Bertz CT molecular complexity index is 378. The molecule has 1 rings (SSSR count). The molecule has 0 saturated carbocycles. The average Bonchev–Trinajstić information content (AvgIpc) is 2.63. The van der Waals surface area contributed by atoms with Gasteiger partial charge >= 0.3 is 5.97 Å². The summed E-state index contributed by atoms with van der Waals surface area (Å²) in [6.45, 7) is 0.269. The second-order valence-electron chi connectivity index (χ2n) is 3.03. The molecule has 0 unspecified atom stereocenters. The van der Waals surface area contributed by atoms with E-state index in [1.165, 1.54) is 18.4 Å². The highest BCUT2D eigenvalue weighted by Crippen LogP contribution is 2.11. The molecule has 0 radical (unpaired) electrons. The maximum Gasteiger partial charge on any atom is 0.307 e. The summed E-state index contributed by atoms with van der Waals surface area (Å²) in [5.41, 5.74) is 6.06. The number of thiazole rings is 1. The molecular weight excluding hydrogens is 230 g/mol. The normalized spacial score (nSPS) is 9.81. The van der Waals surface area contributed by atoms with Crippen molar-refractivity contribution in [2.75, 3.05) is 19.4 Å². The fourth-order valence-electron chi connectivity index (χ4n) is 1.04. The molecule has 1 aromatic heterocycles. The lowest BCUT2D eigenvalue weighted by Gasteiger charge is -2.02. The Labute approximate surface area is 96.8 Å². The first-order valence-corrected chi connectivity index (χ1v) is 5.53. The van der Waals surface area contributed by atoms with Crippen LogP contribution in [0.2, 0.25) is 0 Å². The number of hydrogen-bond donors (Lipinski definition) is 2. The summed E-state index contributed by atoms with van der Waals surface area (Å²) in [6.07, 6.45) is 0.344. The van der Waals surface area contributed by atoms with E-state index < -0.39 is 0 Å². The Morgan fingerprint density at radius 2 is 2.38 bits per heavy atom. The summed E-state index contributed by atoms with van der Waals surface area (Å²) in [5.74, 6) is -0.535. The zero-order chi connectivity index (χ0) is 12.0. The van der Waals surface area contributed by atoms with Crippen molar-refractivity contribution in [2.45, 2.75) is 12.8 Å². The maximum absolute atomic E-state index is 11.4. The van der Waals surface area contributed by atoms with Crippen LogP contribution in [0.3, 0.4) is 0 Å². The minimum absolute atomic E-state index is 0.168. The molecule has 6 nitrogen and oxygen atoms in total. The molecule has 0 aliphatic carbocycles. The van der Waals surface area contributed by atoms with E-state index in [0.717, 1.165) is 0 Å². The number of carbonyl (C=O) groups is 2. The van der Waals surface area contributed by atoms with Gasteiger partial charge in [-0.15, -0.1) is 11.3 Å². The molecule has 16 heavy (non-hydrogen) atoms. The highest BCUT2D eigenvalue weighted by molar-refractivity contribution is 7.13. The van der Waals surface area contributed by atoms with Crippen molar-refractivity contribution < 1.29 is 14.3 Å². The van der Waals surface area contributed by atoms with E-state index in [9.17, 15) is 9.59 Å². The number of ether oxygens (including phenoxy) is 1. The Kier molecular flexibility index (Phi) is 4.71. The minimum atomic E-state index is -0.349. The molecular formula is C9H13N3O3S. The fourth-order valence-corrected chi connectivity index (χ4v) is 1.60. The van der Waals surface area contributed by atoms with E-state index in [2.05, 4.69) is 15.0 Å². The summed E-state index contributed by atoms with van der Waals surface area (Å²) >= 11 is 1.29. The van der Waals surface area contributed by atoms with E-state index in [4.69, 9.17) is 5.73 Å². The van der Waals surface area contributed by atoms with Gasteiger partial charge in [0.1, 0.15) is 0 Å². The molecule has 7 heteroatoms. The van der Waals surface area contributed by atoms with E-state index >= 15 is 0 Å². The number of aromatic nitrogens is 1. The lowest BCUT2D eigenvalue weighted by atomic mass is 10.3. The van der Waals surface area contributed by atoms with Gasteiger partial charge < -0.3 is 15.8 Å². The Morgan fingerprint density at radius 3 is 2.94 bits per heavy atom. The highest BCUT2D eigenvalue weighted by Gasteiger charge is 2.07. The first-order chi connectivity index (χ1) is 7.61. The Hall–Kier alpha value is -1.63. The lowest BCUT2D eigenvalue weighted by Crippen LogP contribution is -2.27. The van der Waals surface area contributed by atoms with E-state index in [-0.39, 0.29) is 31.3 Å². The molecule has 88 valence electrons. The van der Waals surface area contributed by atoms with Crippen LogP contribution in [0.5, 0.6) is 0 Å². The predicted octanol–water partition coefficient (Wildman–Crippen LogP) is -0.0529. The third kappa shape index (κ3) is 4.26. The average molecular weight is 243 g/mol. The second kappa shape index (κ2) is 6.06. The molecule has 0 fully saturated rings. The first kappa shape index (κ1) is 12.4. The largest absolute Gasteiger partial charge is 0.469 e. The second-order valence-corrected chi connectivity index (χ2v) is 3.92. The van der Waals surface area contributed by atoms with Gasteiger partial charge in [0.05, 0.1) is 25.6 Å². The molecule has 0 atom stereocenters. The van der Waals surface area contributed by atoms with Gasteiger partial charge in [-0.1, -0.05) is 0 Å². The fraction of sp³-hybridized carbons (Fsp3) is 0.444. The van der Waals surface area contributed by atoms with Gasteiger partial charge in [-0.05, 0) is 0 Å². The molecule has 0 aliphatic heterocycles. The Morgan fingerprint density at radius 1 is 1.62 bits per heavy atom. The SMILES string of the molecule is COC(=O)CCNC(=O)Cc1csc(N)n1. The van der Waals surface area contributed by atoms with E-state index in [1.807, 2.05) is 0 Å². The van der Waals surface area contributed by atoms with Crippen molar-refractivity contribution in [3.05, 3.63) is 11.1 Å². The van der Waals surface area contributed by atoms with Gasteiger partial charge in [0.2, 0.25) is 5.91 Å². The van der Waals surface area contributed by atoms with Gasteiger partial charge in [0, 0.05) is 11.9 Å². The number of carbonyl (C=O) groups excluding carboxylic acids is 2. The van der Waals surface area contributed by atoms with E-state index in [0.29, 0.717) is 10.8 Å². The standard InChI is InChI=1S/C9H13N3O3S/c1-15-8(14)2-3-11-7(13)4-6-5-16-9(10)12-6/h5H,2-4H2,1H3,(H2,10,12)(H,11,13). The number of nitrogens with zero attached hydrogens (tertiary/aromatic N) is 1. The predicted molar refractivity (Wildman–Crippen MR) is 59.9 cm³/mol. The zero-order valence-electron chi connectivity index (χ0n) is 8.86. The molecule has 0 aliphatic rings. The zero-order valence-corrected chi connectivity index (χ0v) is 9.67. The summed E-state index contributed by atoms with van der Waals surface area (Å²) in [4.78, 5) is 26.1. The third-order valence-electron chi connectivity index (χ3n) is 1.79. The maximum atomic E-state index is 11.4. The summed E-state index contributed by atoms with van der Waals surface area (Å²) in [6, 6.07) is 0. The van der Waals surface area contributed by atoms with Crippen LogP contribution in [0, 0.1) is 0 Å². The van der Waals surface area contributed by atoms with Gasteiger partial charge in [-0.2, -0.15) is 0 Å². The monoisotopic (exact) mass is 243 g/mol. The lowest BCUT2D eigenvalue weighted by molar-refractivity contribution is -0.140. The van der Waals surface area contributed by atoms with Crippen molar-refractivity contribution in [2.24, 2.45) is 0 Å². The van der Waals surface area contributed by atoms with Crippen molar-refractivity contribution in [3.8, 4) is 0 Å². The Balaban J connectivity index is 2.23. The number of nitrogen functional groups attached to an aromatic ring is 1. The van der Waals surface area contributed by atoms with Gasteiger partial charge in [0.15, 0.2) is 5.13 Å². The number of methoxy groups -OCH3 is 1. The summed E-state index contributed by atoms with van der Waals surface area (Å²) in [5, 5.41) is 4.76. The van der Waals surface area contributed by atoms with Crippen LogP contribution in [0.25, 0.3) is 0 Å². The van der Waals surface area contributed by atoms with Gasteiger partial charge in [-0.3, -0.25) is 9.59 Å². The molecule has 1 amide bonds. The molecule has 0 bridgehead atoms. The van der Waals surface area contributed by atoms with Crippen LogP contribution in [0.15, 0.2) is 5.38 Å². The molecule has 1 heterocycles. The van der Waals surface area contributed by atoms with Gasteiger partial charge in [-0.25, -0.2) is 4.98 Å².